The molecule has 1 fully saturated rings. The molecule has 1 aliphatic rings. The monoisotopic (exact) mass is 372 g/mol. The fourth-order valence-electron chi connectivity index (χ4n) is 2.96. The maximum atomic E-state index is 12.0. The van der Waals surface area contributed by atoms with Gasteiger partial charge in [0.15, 0.2) is 0 Å². The van der Waals surface area contributed by atoms with Crippen LogP contribution in [0.1, 0.15) is 18.5 Å². The molecule has 1 aromatic carbocycles. The van der Waals surface area contributed by atoms with Crippen LogP contribution in [0.4, 0.5) is 0 Å². The number of carboxylic acids is 1. The zero-order chi connectivity index (χ0) is 18.6. The second kappa shape index (κ2) is 8.03. The van der Waals surface area contributed by atoms with Gasteiger partial charge in [0.2, 0.25) is 10.0 Å². The third-order valence-electron chi connectivity index (χ3n) is 4.36. The predicted molar refractivity (Wildman–Crippen MR) is 92.5 cm³/mol. The maximum absolute atomic E-state index is 12.0. The first-order valence-corrected chi connectivity index (χ1v) is 9.61. The molecular weight excluding hydrogens is 348 g/mol. The van der Waals surface area contributed by atoms with E-state index in [2.05, 4.69) is 0 Å². The Morgan fingerprint density at radius 3 is 2.32 bits per heavy atom. The summed E-state index contributed by atoms with van der Waals surface area (Å²) in [4.78, 5) is 13.7. The van der Waals surface area contributed by atoms with Crippen molar-refractivity contribution in [3.05, 3.63) is 23.8 Å². The van der Waals surface area contributed by atoms with Crippen molar-refractivity contribution in [1.29, 1.82) is 0 Å². The third kappa shape index (κ3) is 4.23. The van der Waals surface area contributed by atoms with Crippen LogP contribution < -0.4 is 9.47 Å². The lowest BCUT2D eigenvalue weighted by Gasteiger charge is -2.37. The van der Waals surface area contributed by atoms with E-state index in [0.717, 1.165) is 0 Å². The Labute approximate surface area is 148 Å². The SMILES string of the molecule is CCS(=O)(=O)N1CCN(C(C(=O)O)c2cc(OC)ccc2OC)CC1. The number of sulfonamides is 1. The molecular formula is C16H24N2O6S. The second-order valence-corrected chi connectivity index (χ2v) is 7.94. The summed E-state index contributed by atoms with van der Waals surface area (Å²) in [6, 6.07) is 4.08. The van der Waals surface area contributed by atoms with Crippen molar-refractivity contribution in [2.75, 3.05) is 46.2 Å². The molecule has 1 aliphatic heterocycles. The molecule has 1 unspecified atom stereocenters. The summed E-state index contributed by atoms with van der Waals surface area (Å²) < 4.78 is 35.9. The minimum absolute atomic E-state index is 0.0407. The molecule has 25 heavy (non-hydrogen) atoms. The Morgan fingerprint density at radius 2 is 1.84 bits per heavy atom. The summed E-state index contributed by atoms with van der Waals surface area (Å²) in [5, 5.41) is 9.76. The molecule has 0 spiro atoms. The van der Waals surface area contributed by atoms with Gasteiger partial charge < -0.3 is 14.6 Å². The van der Waals surface area contributed by atoms with E-state index in [1.54, 1.807) is 30.0 Å². The minimum Gasteiger partial charge on any atom is -0.497 e. The number of benzene rings is 1. The first kappa shape index (κ1) is 19.5. The van der Waals surface area contributed by atoms with Gasteiger partial charge in [0.1, 0.15) is 17.5 Å². The molecule has 1 N–H and O–H groups in total. The van der Waals surface area contributed by atoms with Gasteiger partial charge in [-0.05, 0) is 25.1 Å². The van der Waals surface area contributed by atoms with Gasteiger partial charge in [0, 0.05) is 31.7 Å². The highest BCUT2D eigenvalue weighted by atomic mass is 32.2. The summed E-state index contributed by atoms with van der Waals surface area (Å²) in [5.41, 5.74) is 0.487. The number of carbonyl (C=O) groups is 1. The highest BCUT2D eigenvalue weighted by molar-refractivity contribution is 7.89. The quantitative estimate of drug-likeness (QED) is 0.756. The molecule has 140 valence electrons. The van der Waals surface area contributed by atoms with E-state index in [1.165, 1.54) is 18.5 Å². The van der Waals surface area contributed by atoms with Crippen LogP contribution in [0.3, 0.4) is 0 Å². The average molecular weight is 372 g/mol. The standard InChI is InChI=1S/C16H24N2O6S/c1-4-25(21,22)18-9-7-17(8-10-18)15(16(19)20)13-11-12(23-2)5-6-14(13)24-3/h5-6,11,15H,4,7-10H2,1-3H3,(H,19,20). The molecule has 9 heteroatoms. The van der Waals surface area contributed by atoms with Crippen LogP contribution in [0, 0.1) is 0 Å². The van der Waals surface area contributed by atoms with Gasteiger partial charge in [-0.2, -0.15) is 4.31 Å². The van der Waals surface area contributed by atoms with Crippen LogP contribution >= 0.6 is 0 Å². The molecule has 8 nitrogen and oxygen atoms in total. The summed E-state index contributed by atoms with van der Waals surface area (Å²) >= 11 is 0. The number of ether oxygens (including phenoxy) is 2. The Kier molecular flexibility index (Phi) is 6.26. The van der Waals surface area contributed by atoms with E-state index in [9.17, 15) is 18.3 Å². The van der Waals surface area contributed by atoms with Gasteiger partial charge in [-0.25, -0.2) is 8.42 Å². The van der Waals surface area contributed by atoms with E-state index in [1.807, 2.05) is 0 Å². The number of aliphatic carboxylic acids is 1. The minimum atomic E-state index is -3.26. The van der Waals surface area contributed by atoms with Crippen molar-refractivity contribution in [3.8, 4) is 11.5 Å². The highest BCUT2D eigenvalue weighted by Gasteiger charge is 2.35. The van der Waals surface area contributed by atoms with Crippen LogP contribution in [0.2, 0.25) is 0 Å². The molecule has 1 aromatic rings. The molecule has 0 saturated carbocycles. The van der Waals surface area contributed by atoms with Crippen LogP contribution in [-0.2, 0) is 14.8 Å². The van der Waals surface area contributed by atoms with Gasteiger partial charge in [-0.1, -0.05) is 0 Å². The largest absolute Gasteiger partial charge is 0.497 e. The van der Waals surface area contributed by atoms with Crippen LogP contribution in [0.25, 0.3) is 0 Å². The van der Waals surface area contributed by atoms with E-state index >= 15 is 0 Å². The number of nitrogens with zero attached hydrogens (tertiary/aromatic N) is 2. The molecule has 1 heterocycles. The summed E-state index contributed by atoms with van der Waals surface area (Å²) in [6.07, 6.45) is 0. The molecule has 1 saturated heterocycles. The molecule has 0 bridgehead atoms. The highest BCUT2D eigenvalue weighted by Crippen LogP contribution is 2.33. The number of hydrogen-bond donors (Lipinski definition) is 1. The third-order valence-corrected chi connectivity index (χ3v) is 6.24. The van der Waals surface area contributed by atoms with Gasteiger partial charge >= 0.3 is 5.97 Å². The second-order valence-electron chi connectivity index (χ2n) is 5.68. The molecule has 2 rings (SSSR count). The van der Waals surface area contributed by atoms with E-state index < -0.39 is 22.0 Å². The molecule has 0 amide bonds. The molecule has 0 radical (unpaired) electrons. The Balaban J connectivity index is 2.28. The number of rotatable bonds is 7. The Bertz CT molecular complexity index is 713. The van der Waals surface area contributed by atoms with E-state index in [4.69, 9.17) is 9.47 Å². The summed E-state index contributed by atoms with van der Waals surface area (Å²) in [6.45, 7) is 2.80. The van der Waals surface area contributed by atoms with Crippen molar-refractivity contribution in [1.82, 2.24) is 9.21 Å². The van der Waals surface area contributed by atoms with Crippen LogP contribution in [-0.4, -0.2) is 74.9 Å². The zero-order valence-corrected chi connectivity index (χ0v) is 15.5. The maximum Gasteiger partial charge on any atom is 0.325 e. The average Bonchev–Trinajstić information content (AvgIpc) is 2.62. The fourth-order valence-corrected chi connectivity index (χ4v) is 4.05. The lowest BCUT2D eigenvalue weighted by molar-refractivity contribution is -0.144. The van der Waals surface area contributed by atoms with E-state index in [-0.39, 0.29) is 18.8 Å². The summed E-state index contributed by atoms with van der Waals surface area (Å²) in [5.74, 6) is 0.0170. The van der Waals surface area contributed by atoms with Crippen molar-refractivity contribution in [3.63, 3.8) is 0 Å². The normalized spacial score (nSPS) is 17.9. The van der Waals surface area contributed by atoms with Gasteiger partial charge in [0.05, 0.1) is 20.0 Å². The zero-order valence-electron chi connectivity index (χ0n) is 14.6. The van der Waals surface area contributed by atoms with Gasteiger partial charge in [-0.15, -0.1) is 0 Å². The first-order chi connectivity index (χ1) is 11.8. The molecule has 1 atom stereocenters. The van der Waals surface area contributed by atoms with Crippen molar-refractivity contribution in [2.24, 2.45) is 0 Å². The topological polar surface area (TPSA) is 96.4 Å². The lowest BCUT2D eigenvalue weighted by Crippen LogP contribution is -2.51. The number of hydrogen-bond acceptors (Lipinski definition) is 6. The number of methoxy groups -OCH3 is 2. The smallest absolute Gasteiger partial charge is 0.325 e. The fraction of sp³-hybridized carbons (Fsp3) is 0.562. The molecule has 0 aromatic heterocycles. The van der Waals surface area contributed by atoms with Crippen molar-refractivity contribution >= 4 is 16.0 Å². The first-order valence-electron chi connectivity index (χ1n) is 8.00. The Hall–Kier alpha value is -1.84. The Morgan fingerprint density at radius 1 is 1.20 bits per heavy atom. The van der Waals surface area contributed by atoms with E-state index in [0.29, 0.717) is 30.2 Å². The van der Waals surface area contributed by atoms with Crippen molar-refractivity contribution < 1.29 is 27.8 Å². The van der Waals surface area contributed by atoms with Crippen LogP contribution in [0.5, 0.6) is 11.5 Å². The lowest BCUT2D eigenvalue weighted by atomic mass is 10.0. The molecule has 0 aliphatic carbocycles. The summed E-state index contributed by atoms with van der Waals surface area (Å²) in [7, 11) is -0.272. The van der Waals surface area contributed by atoms with Crippen LogP contribution in [0.15, 0.2) is 18.2 Å². The van der Waals surface area contributed by atoms with Gasteiger partial charge in [0.25, 0.3) is 0 Å². The van der Waals surface area contributed by atoms with Gasteiger partial charge in [-0.3, -0.25) is 9.69 Å². The number of carboxylic acid groups (broad SMARTS) is 1. The number of piperazine rings is 1. The van der Waals surface area contributed by atoms with Crippen molar-refractivity contribution in [2.45, 2.75) is 13.0 Å². The predicted octanol–water partition coefficient (Wildman–Crippen LogP) is 0.797.